The number of halogens is 3. The van der Waals surface area contributed by atoms with Gasteiger partial charge >= 0.3 is 0 Å². The fraction of sp³-hybridized carbons (Fsp3) is 0.481. The number of anilines is 1. The summed E-state index contributed by atoms with van der Waals surface area (Å²) in [4.78, 5) is 23.0. The SMILES string of the molecule is CC(C)(C)CC1NCC(c2cccc(Cl)c2)C1C(=O)Nc1ccc(F)c(Cl)c1.O=CNC1CC(O)C1. The summed E-state index contributed by atoms with van der Waals surface area (Å²) in [6.45, 7) is 7.19. The third-order valence-corrected chi connectivity index (χ3v) is 7.01. The number of hydrogen-bond donors (Lipinski definition) is 4. The molecule has 1 saturated heterocycles. The van der Waals surface area contributed by atoms with E-state index in [0.717, 1.165) is 24.8 Å². The third kappa shape index (κ3) is 7.90. The van der Waals surface area contributed by atoms with Crippen LogP contribution in [-0.4, -0.2) is 42.2 Å². The standard InChI is InChI=1S/C22H25Cl2FN2O.C5H9NO2/c1-22(2,3)11-19-20(16(12-26-19)13-5-4-6-14(23)9-13)21(28)27-15-7-8-18(25)17(24)10-15;7-3-6-4-1-5(8)2-4/h4-10,16,19-20,26H,11-12H2,1-3H3,(H,27,28);3-5,8H,1-2H2,(H,6,7). The van der Waals surface area contributed by atoms with Gasteiger partial charge in [0.05, 0.1) is 17.0 Å². The fourth-order valence-electron chi connectivity index (χ4n) is 4.72. The normalized spacial score (nSPS) is 25.2. The van der Waals surface area contributed by atoms with E-state index >= 15 is 0 Å². The zero-order chi connectivity index (χ0) is 26.5. The van der Waals surface area contributed by atoms with Crippen LogP contribution in [-0.2, 0) is 9.59 Å². The summed E-state index contributed by atoms with van der Waals surface area (Å²) in [5, 5.41) is 18.3. The van der Waals surface area contributed by atoms with Crippen LogP contribution in [0.5, 0.6) is 0 Å². The zero-order valence-corrected chi connectivity index (χ0v) is 22.2. The molecule has 4 rings (SSSR count). The van der Waals surface area contributed by atoms with Gasteiger partial charge in [-0.2, -0.15) is 0 Å². The summed E-state index contributed by atoms with van der Waals surface area (Å²) in [5.41, 5.74) is 1.59. The van der Waals surface area contributed by atoms with Gasteiger partial charge in [-0.15, -0.1) is 0 Å². The molecule has 3 unspecified atom stereocenters. The number of carbonyl (C=O) groups is 2. The summed E-state index contributed by atoms with van der Waals surface area (Å²) in [6.07, 6.45) is 2.80. The maximum absolute atomic E-state index is 13.4. The average molecular weight is 538 g/mol. The van der Waals surface area contributed by atoms with Gasteiger partial charge in [0.25, 0.3) is 0 Å². The molecule has 1 heterocycles. The van der Waals surface area contributed by atoms with Crippen LogP contribution < -0.4 is 16.0 Å². The monoisotopic (exact) mass is 537 g/mol. The molecular formula is C27H34Cl2FN3O3. The van der Waals surface area contributed by atoms with Crippen molar-refractivity contribution in [3.63, 3.8) is 0 Å². The highest BCUT2D eigenvalue weighted by Crippen LogP contribution is 2.38. The minimum atomic E-state index is -0.510. The predicted molar refractivity (Wildman–Crippen MR) is 142 cm³/mol. The van der Waals surface area contributed by atoms with E-state index in [9.17, 15) is 14.0 Å². The van der Waals surface area contributed by atoms with E-state index in [1.54, 1.807) is 0 Å². The molecule has 1 aliphatic heterocycles. The minimum absolute atomic E-state index is 0.00182. The van der Waals surface area contributed by atoms with Crippen LogP contribution in [0.1, 0.15) is 51.5 Å². The molecule has 2 aromatic rings. The Morgan fingerprint density at radius 1 is 1.19 bits per heavy atom. The van der Waals surface area contributed by atoms with Gasteiger partial charge in [-0.3, -0.25) is 9.59 Å². The zero-order valence-electron chi connectivity index (χ0n) is 20.7. The number of nitrogens with one attached hydrogen (secondary N) is 3. The summed E-state index contributed by atoms with van der Waals surface area (Å²) in [7, 11) is 0. The van der Waals surface area contributed by atoms with Crippen molar-refractivity contribution in [3.05, 3.63) is 63.9 Å². The van der Waals surface area contributed by atoms with Gasteiger partial charge in [-0.1, -0.05) is 56.1 Å². The Bertz CT molecular complexity index is 1060. The highest BCUT2D eigenvalue weighted by atomic mass is 35.5. The number of aliphatic hydroxyl groups excluding tert-OH is 1. The molecule has 196 valence electrons. The first-order valence-electron chi connectivity index (χ1n) is 12.1. The second-order valence-electron chi connectivity index (χ2n) is 10.7. The largest absolute Gasteiger partial charge is 0.393 e. The lowest BCUT2D eigenvalue weighted by atomic mass is 9.78. The van der Waals surface area contributed by atoms with Crippen molar-refractivity contribution in [2.75, 3.05) is 11.9 Å². The Labute approximate surface area is 221 Å². The molecule has 0 radical (unpaired) electrons. The van der Waals surface area contributed by atoms with E-state index in [-0.39, 0.29) is 46.4 Å². The van der Waals surface area contributed by atoms with Gasteiger partial charge in [0, 0.05) is 35.3 Å². The first-order valence-corrected chi connectivity index (χ1v) is 12.8. The number of carbonyl (C=O) groups excluding carboxylic acids is 2. The van der Waals surface area contributed by atoms with Crippen molar-refractivity contribution >= 4 is 41.2 Å². The van der Waals surface area contributed by atoms with Gasteiger partial charge in [-0.25, -0.2) is 4.39 Å². The Balaban J connectivity index is 0.000000383. The predicted octanol–water partition coefficient (Wildman–Crippen LogP) is 5.13. The lowest BCUT2D eigenvalue weighted by Crippen LogP contribution is -2.43. The Hall–Kier alpha value is -2.19. The number of rotatable bonds is 6. The van der Waals surface area contributed by atoms with Gasteiger partial charge in [0.15, 0.2) is 0 Å². The molecular weight excluding hydrogens is 504 g/mol. The summed E-state index contributed by atoms with van der Waals surface area (Å²) >= 11 is 12.0. The van der Waals surface area contributed by atoms with Crippen LogP contribution in [0, 0.1) is 17.2 Å². The smallest absolute Gasteiger partial charge is 0.229 e. The molecule has 4 N–H and O–H groups in total. The fourth-order valence-corrected chi connectivity index (χ4v) is 5.10. The van der Waals surface area contributed by atoms with E-state index < -0.39 is 5.82 Å². The quantitative estimate of drug-likeness (QED) is 0.384. The molecule has 2 aromatic carbocycles. The second kappa shape index (κ2) is 12.4. The lowest BCUT2D eigenvalue weighted by Gasteiger charge is -2.30. The van der Waals surface area contributed by atoms with Crippen LogP contribution in [0.15, 0.2) is 42.5 Å². The minimum Gasteiger partial charge on any atom is -0.393 e. The number of benzene rings is 2. The van der Waals surface area contributed by atoms with E-state index in [2.05, 4.69) is 36.7 Å². The lowest BCUT2D eigenvalue weighted by molar-refractivity contribution is -0.120. The van der Waals surface area contributed by atoms with Crippen molar-refractivity contribution < 1.29 is 19.1 Å². The molecule has 2 fully saturated rings. The third-order valence-electron chi connectivity index (χ3n) is 6.48. The summed E-state index contributed by atoms with van der Waals surface area (Å²) in [6, 6.07) is 12.1. The van der Waals surface area contributed by atoms with Crippen LogP contribution >= 0.6 is 23.2 Å². The molecule has 9 heteroatoms. The summed E-state index contributed by atoms with van der Waals surface area (Å²) in [5.74, 6) is -0.889. The molecule has 2 aliphatic rings. The Morgan fingerprint density at radius 3 is 2.50 bits per heavy atom. The Kier molecular flexibility index (Phi) is 9.75. The summed E-state index contributed by atoms with van der Waals surface area (Å²) < 4.78 is 13.4. The van der Waals surface area contributed by atoms with Crippen LogP contribution in [0.4, 0.5) is 10.1 Å². The van der Waals surface area contributed by atoms with Crippen LogP contribution in [0.3, 0.4) is 0 Å². The van der Waals surface area contributed by atoms with E-state index in [0.29, 0.717) is 23.7 Å². The molecule has 6 nitrogen and oxygen atoms in total. The van der Waals surface area contributed by atoms with Crippen LogP contribution in [0.25, 0.3) is 0 Å². The molecule has 0 bridgehead atoms. The second-order valence-corrected chi connectivity index (χ2v) is 11.5. The highest BCUT2D eigenvalue weighted by Gasteiger charge is 2.43. The number of amides is 2. The van der Waals surface area contributed by atoms with E-state index in [1.165, 1.54) is 18.2 Å². The number of aliphatic hydroxyl groups is 1. The van der Waals surface area contributed by atoms with Gasteiger partial charge in [0.2, 0.25) is 12.3 Å². The van der Waals surface area contributed by atoms with Crippen molar-refractivity contribution in [1.29, 1.82) is 0 Å². The molecule has 1 aliphatic carbocycles. The molecule has 1 saturated carbocycles. The topological polar surface area (TPSA) is 90.5 Å². The maximum Gasteiger partial charge on any atom is 0.229 e. The highest BCUT2D eigenvalue weighted by molar-refractivity contribution is 6.31. The molecule has 3 atom stereocenters. The first-order chi connectivity index (χ1) is 17.0. The van der Waals surface area contributed by atoms with Crippen molar-refractivity contribution in [2.45, 2.75) is 64.1 Å². The Morgan fingerprint density at radius 2 is 1.92 bits per heavy atom. The first kappa shape index (κ1) is 28.4. The molecule has 0 aromatic heterocycles. The molecule has 36 heavy (non-hydrogen) atoms. The van der Waals surface area contributed by atoms with Crippen molar-refractivity contribution in [2.24, 2.45) is 11.3 Å². The van der Waals surface area contributed by atoms with Gasteiger partial charge in [0.1, 0.15) is 5.82 Å². The van der Waals surface area contributed by atoms with Crippen molar-refractivity contribution in [1.82, 2.24) is 10.6 Å². The van der Waals surface area contributed by atoms with E-state index in [4.69, 9.17) is 28.3 Å². The average Bonchev–Trinajstić information content (AvgIpc) is 3.18. The van der Waals surface area contributed by atoms with Crippen LogP contribution in [0.2, 0.25) is 10.0 Å². The number of hydrogen-bond acceptors (Lipinski definition) is 4. The van der Waals surface area contributed by atoms with Gasteiger partial charge in [-0.05, 0) is 60.6 Å². The molecule has 0 spiro atoms. The maximum atomic E-state index is 13.4. The van der Waals surface area contributed by atoms with Crippen molar-refractivity contribution in [3.8, 4) is 0 Å². The van der Waals surface area contributed by atoms with E-state index in [1.807, 2.05) is 24.3 Å². The molecule has 2 amide bonds. The van der Waals surface area contributed by atoms with Gasteiger partial charge < -0.3 is 21.1 Å².